The Morgan fingerprint density at radius 2 is 1.95 bits per heavy atom. The van der Waals surface area contributed by atoms with Crippen molar-refractivity contribution in [2.75, 3.05) is 12.3 Å². The van der Waals surface area contributed by atoms with Crippen LogP contribution >= 0.6 is 31.9 Å². The van der Waals surface area contributed by atoms with E-state index in [0.717, 1.165) is 0 Å². The first-order valence-electron chi connectivity index (χ1n) is 6.10. The van der Waals surface area contributed by atoms with E-state index in [1.54, 1.807) is 24.7 Å². The van der Waals surface area contributed by atoms with Gasteiger partial charge in [-0.15, -0.1) is 0 Å². The predicted molar refractivity (Wildman–Crippen MR) is 88.3 cm³/mol. The lowest BCUT2D eigenvalue weighted by Gasteiger charge is -2.11. The molecule has 0 saturated heterocycles. The zero-order valence-corrected chi connectivity index (χ0v) is 14.9. The highest BCUT2D eigenvalue weighted by Gasteiger charge is 2.21. The maximum absolute atomic E-state index is 12.3. The lowest BCUT2D eigenvalue weighted by Crippen LogP contribution is -2.26. The van der Waals surface area contributed by atoms with Crippen molar-refractivity contribution in [2.24, 2.45) is 0 Å². The molecule has 114 valence electrons. The van der Waals surface area contributed by atoms with Crippen LogP contribution < -0.4 is 10.5 Å². The molecule has 1 aromatic heterocycles. The molecule has 0 saturated carbocycles. The summed E-state index contributed by atoms with van der Waals surface area (Å²) in [5.41, 5.74) is 6.14. The van der Waals surface area contributed by atoms with E-state index < -0.39 is 10.0 Å². The highest BCUT2D eigenvalue weighted by molar-refractivity contribution is 9.11. The van der Waals surface area contributed by atoms with Gasteiger partial charge in [0.2, 0.25) is 10.0 Å². The molecule has 0 aliphatic heterocycles. The van der Waals surface area contributed by atoms with Crippen molar-refractivity contribution in [3.05, 3.63) is 39.8 Å². The molecule has 0 aliphatic rings. The highest BCUT2D eigenvalue weighted by Crippen LogP contribution is 2.32. The summed E-state index contributed by atoms with van der Waals surface area (Å²) in [4.78, 5) is 4.08. The van der Waals surface area contributed by atoms with Crippen molar-refractivity contribution in [1.82, 2.24) is 14.3 Å². The average Bonchev–Trinajstić information content (AvgIpc) is 2.86. The Kier molecular flexibility index (Phi) is 5.42. The largest absolute Gasteiger partial charge is 0.399 e. The van der Waals surface area contributed by atoms with Gasteiger partial charge in [-0.05, 0) is 50.4 Å². The van der Waals surface area contributed by atoms with Crippen molar-refractivity contribution in [3.63, 3.8) is 0 Å². The summed E-state index contributed by atoms with van der Waals surface area (Å²) in [6.07, 6.45) is 5.88. The maximum atomic E-state index is 12.3. The van der Waals surface area contributed by atoms with Gasteiger partial charge in [0.25, 0.3) is 0 Å². The maximum Gasteiger partial charge on any atom is 0.242 e. The second-order valence-corrected chi connectivity index (χ2v) is 7.78. The number of aryl methyl sites for hydroxylation is 1. The number of rotatable bonds is 6. The molecule has 0 atom stereocenters. The summed E-state index contributed by atoms with van der Waals surface area (Å²) in [6, 6.07) is 3.12. The Hall–Kier alpha value is -0.900. The molecule has 0 radical (unpaired) electrons. The number of anilines is 1. The molecule has 2 aromatic rings. The van der Waals surface area contributed by atoms with Crippen LogP contribution in [0.1, 0.15) is 6.42 Å². The Labute approximate surface area is 140 Å². The third-order valence-electron chi connectivity index (χ3n) is 2.73. The number of nitrogens with one attached hydrogen (secondary N) is 1. The molecule has 21 heavy (non-hydrogen) atoms. The minimum atomic E-state index is -3.60. The van der Waals surface area contributed by atoms with E-state index in [9.17, 15) is 8.42 Å². The van der Waals surface area contributed by atoms with Crippen molar-refractivity contribution in [1.29, 1.82) is 0 Å². The molecule has 0 unspecified atom stereocenters. The van der Waals surface area contributed by atoms with Crippen LogP contribution in [-0.4, -0.2) is 24.5 Å². The number of hydrogen-bond acceptors (Lipinski definition) is 4. The molecule has 0 spiro atoms. The first kappa shape index (κ1) is 16.5. The Bertz CT molecular complexity index is 694. The lowest BCUT2D eigenvalue weighted by molar-refractivity contribution is 0.569. The summed E-state index contributed by atoms with van der Waals surface area (Å²) in [5, 5.41) is 0. The molecule has 9 heteroatoms. The van der Waals surface area contributed by atoms with Crippen molar-refractivity contribution < 1.29 is 8.42 Å². The van der Waals surface area contributed by atoms with Crippen LogP contribution in [0, 0.1) is 0 Å². The van der Waals surface area contributed by atoms with Crippen molar-refractivity contribution in [2.45, 2.75) is 17.9 Å². The van der Waals surface area contributed by atoms with Crippen LogP contribution in [0.15, 0.2) is 44.7 Å². The van der Waals surface area contributed by atoms with Crippen LogP contribution in [0.3, 0.4) is 0 Å². The number of nitrogen functional groups attached to an aromatic ring is 1. The average molecular weight is 438 g/mol. The van der Waals surface area contributed by atoms with Gasteiger partial charge in [-0.1, -0.05) is 0 Å². The molecular weight excluding hydrogens is 424 g/mol. The van der Waals surface area contributed by atoms with E-state index in [4.69, 9.17) is 5.73 Å². The van der Waals surface area contributed by atoms with E-state index in [0.29, 0.717) is 34.1 Å². The van der Waals surface area contributed by atoms with Crippen LogP contribution in [0.2, 0.25) is 0 Å². The van der Waals surface area contributed by atoms with E-state index in [1.807, 2.05) is 10.8 Å². The van der Waals surface area contributed by atoms with Crippen LogP contribution in [-0.2, 0) is 16.6 Å². The standard InChI is InChI=1S/C12H14Br2N4O2S/c13-10-6-9(15)7-11(14)12(10)21(19,20)17-2-1-4-18-5-3-16-8-18/h3,5-8,17H,1-2,4,15H2. The number of benzene rings is 1. The quantitative estimate of drug-likeness (QED) is 0.536. The second-order valence-electron chi connectivity index (χ2n) is 4.37. The topological polar surface area (TPSA) is 90.0 Å². The summed E-state index contributed by atoms with van der Waals surface area (Å²) >= 11 is 6.47. The van der Waals surface area contributed by atoms with Gasteiger partial charge in [-0.25, -0.2) is 18.1 Å². The number of sulfonamides is 1. The van der Waals surface area contributed by atoms with Crippen LogP contribution in [0.4, 0.5) is 5.69 Å². The number of aromatic nitrogens is 2. The van der Waals surface area contributed by atoms with Gasteiger partial charge in [0.1, 0.15) is 4.90 Å². The minimum Gasteiger partial charge on any atom is -0.399 e. The fourth-order valence-corrected chi connectivity index (χ4v) is 5.48. The van der Waals surface area contributed by atoms with E-state index >= 15 is 0 Å². The van der Waals surface area contributed by atoms with Gasteiger partial charge in [0.15, 0.2) is 0 Å². The first-order valence-corrected chi connectivity index (χ1v) is 9.17. The number of nitrogens with two attached hydrogens (primary N) is 1. The molecule has 2 rings (SSSR count). The summed E-state index contributed by atoms with van der Waals surface area (Å²) in [6.45, 7) is 1.04. The van der Waals surface area contributed by atoms with E-state index in [1.165, 1.54) is 0 Å². The van der Waals surface area contributed by atoms with Gasteiger partial charge in [-0.2, -0.15) is 0 Å². The zero-order chi connectivity index (χ0) is 15.5. The minimum absolute atomic E-state index is 0.152. The van der Waals surface area contributed by atoms with Crippen LogP contribution in [0.25, 0.3) is 0 Å². The molecule has 0 amide bonds. The van der Waals surface area contributed by atoms with E-state index in [2.05, 4.69) is 41.6 Å². The molecule has 6 nitrogen and oxygen atoms in total. The number of halogens is 2. The van der Waals surface area contributed by atoms with Crippen molar-refractivity contribution in [3.8, 4) is 0 Å². The second kappa shape index (κ2) is 6.91. The Balaban J connectivity index is 2.02. The van der Waals surface area contributed by atoms with Gasteiger partial charge >= 0.3 is 0 Å². The fraction of sp³-hybridized carbons (Fsp3) is 0.250. The molecular formula is C12H14Br2N4O2S. The van der Waals surface area contributed by atoms with Gasteiger partial charge in [-0.3, -0.25) is 0 Å². The fourth-order valence-electron chi connectivity index (χ4n) is 1.80. The SMILES string of the molecule is Nc1cc(Br)c(S(=O)(=O)NCCCn2ccnc2)c(Br)c1. The highest BCUT2D eigenvalue weighted by atomic mass is 79.9. The molecule has 0 aliphatic carbocycles. The zero-order valence-electron chi connectivity index (χ0n) is 11.0. The first-order chi connectivity index (χ1) is 9.90. The monoisotopic (exact) mass is 436 g/mol. The van der Waals surface area contributed by atoms with Crippen LogP contribution in [0.5, 0.6) is 0 Å². The third-order valence-corrected chi connectivity index (χ3v) is 6.07. The number of imidazole rings is 1. The normalized spacial score (nSPS) is 11.7. The third kappa shape index (κ3) is 4.29. The summed E-state index contributed by atoms with van der Waals surface area (Å²) in [5.74, 6) is 0. The van der Waals surface area contributed by atoms with Gasteiger partial charge < -0.3 is 10.3 Å². The lowest BCUT2D eigenvalue weighted by atomic mass is 10.3. The van der Waals surface area contributed by atoms with Crippen molar-refractivity contribution >= 4 is 47.6 Å². The molecule has 0 bridgehead atoms. The summed E-state index contributed by atoms with van der Waals surface area (Å²) < 4.78 is 30.0. The predicted octanol–water partition coefficient (Wildman–Crippen LogP) is 2.36. The smallest absolute Gasteiger partial charge is 0.242 e. The molecule has 1 aromatic carbocycles. The summed E-state index contributed by atoms with van der Waals surface area (Å²) in [7, 11) is -3.60. The Morgan fingerprint density at radius 3 is 2.52 bits per heavy atom. The Morgan fingerprint density at radius 1 is 1.29 bits per heavy atom. The van der Waals surface area contributed by atoms with Gasteiger partial charge in [0.05, 0.1) is 6.33 Å². The molecule has 3 N–H and O–H groups in total. The molecule has 1 heterocycles. The van der Waals surface area contributed by atoms with Gasteiger partial charge in [0, 0.05) is 40.1 Å². The number of nitrogens with zero attached hydrogens (tertiary/aromatic N) is 2. The molecule has 0 fully saturated rings. The number of hydrogen-bond donors (Lipinski definition) is 2. The van der Waals surface area contributed by atoms with E-state index in [-0.39, 0.29) is 4.90 Å².